The van der Waals surface area contributed by atoms with E-state index >= 15 is 0 Å². The minimum absolute atomic E-state index is 0.0768. The molecule has 2 aliphatic rings. The Hall–Kier alpha value is -3.52. The van der Waals surface area contributed by atoms with Crippen LogP contribution in [0.1, 0.15) is 34.1 Å². The van der Waals surface area contributed by atoms with Crippen molar-refractivity contribution in [3.8, 4) is 11.5 Å². The van der Waals surface area contributed by atoms with Gasteiger partial charge in [0.25, 0.3) is 6.47 Å². The SMILES string of the molecule is CC(=O)Oc1c2c(c(O)c3ccccc13)C(=O)C1=C(COC(OC=O)C1)C2=O. The van der Waals surface area contributed by atoms with Gasteiger partial charge in [0.05, 0.1) is 17.7 Å². The van der Waals surface area contributed by atoms with Crippen LogP contribution in [0.15, 0.2) is 35.4 Å². The van der Waals surface area contributed by atoms with Crippen molar-refractivity contribution in [2.24, 2.45) is 0 Å². The highest BCUT2D eigenvalue weighted by atomic mass is 16.7. The molecule has 0 radical (unpaired) electrons. The van der Waals surface area contributed by atoms with Gasteiger partial charge in [-0.1, -0.05) is 24.3 Å². The van der Waals surface area contributed by atoms with E-state index in [0.29, 0.717) is 5.39 Å². The van der Waals surface area contributed by atoms with Crippen LogP contribution >= 0.6 is 0 Å². The molecule has 2 aromatic carbocycles. The minimum atomic E-state index is -0.995. The van der Waals surface area contributed by atoms with E-state index in [1.807, 2.05) is 0 Å². The number of ketones is 2. The molecule has 0 fully saturated rings. The van der Waals surface area contributed by atoms with Gasteiger partial charge in [-0.05, 0) is 0 Å². The van der Waals surface area contributed by atoms with E-state index in [1.54, 1.807) is 24.3 Å². The molecule has 1 aliphatic carbocycles. The van der Waals surface area contributed by atoms with Crippen LogP contribution in [0.2, 0.25) is 0 Å². The Bertz CT molecular complexity index is 1100. The Labute approximate surface area is 158 Å². The second kappa shape index (κ2) is 6.58. The summed E-state index contributed by atoms with van der Waals surface area (Å²) in [4.78, 5) is 48.5. The number of hydrogen-bond donors (Lipinski definition) is 1. The summed E-state index contributed by atoms with van der Waals surface area (Å²) in [7, 11) is 0. The summed E-state index contributed by atoms with van der Waals surface area (Å²) in [5, 5.41) is 11.4. The number of esters is 1. The standard InChI is InChI=1S/C20H14O8/c1-9(22)28-20-11-5-3-2-4-10(11)17(23)15-16(20)19(25)13-7-26-14(27-8-21)6-12(13)18(15)24/h2-5,8,14,23H,6-7H2,1H3. The maximum atomic E-state index is 13.2. The fraction of sp³-hybridized carbons (Fsp3) is 0.200. The van der Waals surface area contributed by atoms with Gasteiger partial charge in [0.2, 0.25) is 6.29 Å². The predicted octanol–water partition coefficient (Wildman–Crippen LogP) is 2.07. The van der Waals surface area contributed by atoms with Crippen molar-refractivity contribution in [1.29, 1.82) is 0 Å². The Morgan fingerprint density at radius 2 is 1.82 bits per heavy atom. The zero-order valence-corrected chi connectivity index (χ0v) is 14.7. The fourth-order valence-electron chi connectivity index (χ4n) is 3.57. The maximum absolute atomic E-state index is 13.2. The zero-order chi connectivity index (χ0) is 20.0. The van der Waals surface area contributed by atoms with Gasteiger partial charge in [-0.3, -0.25) is 19.2 Å². The first kappa shape index (κ1) is 17.9. The van der Waals surface area contributed by atoms with Gasteiger partial charge in [0, 0.05) is 35.3 Å². The van der Waals surface area contributed by atoms with Gasteiger partial charge >= 0.3 is 5.97 Å². The molecule has 4 rings (SSSR count). The first-order valence-corrected chi connectivity index (χ1v) is 8.42. The molecule has 0 aromatic heterocycles. The van der Waals surface area contributed by atoms with Gasteiger partial charge in [-0.2, -0.15) is 0 Å². The summed E-state index contributed by atoms with van der Waals surface area (Å²) >= 11 is 0. The first-order chi connectivity index (χ1) is 13.4. The molecular weight excluding hydrogens is 368 g/mol. The van der Waals surface area contributed by atoms with Crippen LogP contribution in [0.5, 0.6) is 11.5 Å². The van der Waals surface area contributed by atoms with Crippen molar-refractivity contribution in [2.45, 2.75) is 19.6 Å². The third-order valence-electron chi connectivity index (χ3n) is 4.74. The lowest BCUT2D eigenvalue weighted by Gasteiger charge is -2.30. The quantitative estimate of drug-likeness (QED) is 0.487. The van der Waals surface area contributed by atoms with E-state index in [0.717, 1.165) is 0 Å². The number of carbonyl (C=O) groups is 4. The topological polar surface area (TPSA) is 116 Å². The van der Waals surface area contributed by atoms with E-state index < -0.39 is 23.8 Å². The van der Waals surface area contributed by atoms with Crippen LogP contribution in [0.4, 0.5) is 0 Å². The van der Waals surface area contributed by atoms with E-state index in [4.69, 9.17) is 14.2 Å². The molecule has 2 aromatic rings. The average Bonchev–Trinajstić information content (AvgIpc) is 2.68. The molecule has 0 saturated heterocycles. The summed E-state index contributed by atoms with van der Waals surface area (Å²) < 4.78 is 15.3. The second-order valence-electron chi connectivity index (χ2n) is 6.36. The normalized spacial score (nSPS) is 18.5. The predicted molar refractivity (Wildman–Crippen MR) is 94.1 cm³/mol. The Morgan fingerprint density at radius 3 is 2.50 bits per heavy atom. The number of ether oxygens (including phenoxy) is 3. The number of carbonyl (C=O) groups excluding carboxylic acids is 4. The number of fused-ring (bicyclic) bond motifs is 2. The number of phenols is 1. The van der Waals surface area contributed by atoms with Crippen molar-refractivity contribution in [2.75, 3.05) is 6.61 Å². The lowest BCUT2D eigenvalue weighted by Crippen LogP contribution is -2.34. The molecule has 0 amide bonds. The molecule has 1 atom stereocenters. The molecule has 0 spiro atoms. The van der Waals surface area contributed by atoms with Crippen molar-refractivity contribution in [1.82, 2.24) is 0 Å². The van der Waals surface area contributed by atoms with Gasteiger partial charge in [0.15, 0.2) is 17.3 Å². The maximum Gasteiger partial charge on any atom is 0.308 e. The summed E-state index contributed by atoms with van der Waals surface area (Å²) in [6.07, 6.45) is -1.11. The van der Waals surface area contributed by atoms with Crippen LogP contribution in [0.3, 0.4) is 0 Å². The minimum Gasteiger partial charge on any atom is -0.506 e. The Kier molecular flexibility index (Phi) is 4.20. The molecular formula is C20H14O8. The number of Topliss-reactive ketones (excluding diaryl/α,β-unsaturated/α-hetero) is 2. The molecule has 0 bridgehead atoms. The summed E-state index contributed by atoms with van der Waals surface area (Å²) in [5.74, 6) is -2.29. The zero-order valence-electron chi connectivity index (χ0n) is 14.7. The number of phenolic OH excluding ortho intramolecular Hbond substituents is 1. The van der Waals surface area contributed by atoms with Crippen molar-refractivity contribution in [3.05, 3.63) is 46.5 Å². The van der Waals surface area contributed by atoms with E-state index in [2.05, 4.69) is 0 Å². The van der Waals surface area contributed by atoms with Crippen LogP contribution in [-0.2, 0) is 19.1 Å². The van der Waals surface area contributed by atoms with E-state index in [1.165, 1.54) is 6.92 Å². The molecule has 28 heavy (non-hydrogen) atoms. The van der Waals surface area contributed by atoms with Gasteiger partial charge in [0.1, 0.15) is 5.75 Å². The third-order valence-corrected chi connectivity index (χ3v) is 4.74. The lowest BCUT2D eigenvalue weighted by atomic mass is 9.79. The second-order valence-corrected chi connectivity index (χ2v) is 6.36. The number of aromatic hydroxyl groups is 1. The van der Waals surface area contributed by atoms with Crippen LogP contribution in [-0.4, -0.2) is 42.0 Å². The highest BCUT2D eigenvalue weighted by molar-refractivity contribution is 6.31. The highest BCUT2D eigenvalue weighted by Gasteiger charge is 2.41. The molecule has 0 saturated carbocycles. The summed E-state index contributed by atoms with van der Waals surface area (Å²) in [5.41, 5.74) is -0.208. The molecule has 1 aliphatic heterocycles. The Balaban J connectivity index is 1.99. The summed E-state index contributed by atoms with van der Waals surface area (Å²) in [6.45, 7) is 1.13. The van der Waals surface area contributed by atoms with Crippen LogP contribution < -0.4 is 4.74 Å². The summed E-state index contributed by atoms with van der Waals surface area (Å²) in [6, 6.07) is 6.45. The smallest absolute Gasteiger partial charge is 0.308 e. The molecule has 8 heteroatoms. The van der Waals surface area contributed by atoms with E-state index in [-0.39, 0.29) is 58.7 Å². The van der Waals surface area contributed by atoms with Gasteiger partial charge < -0.3 is 19.3 Å². The van der Waals surface area contributed by atoms with Gasteiger partial charge in [-0.15, -0.1) is 0 Å². The number of rotatable bonds is 3. The first-order valence-electron chi connectivity index (χ1n) is 8.42. The highest BCUT2D eigenvalue weighted by Crippen LogP contribution is 2.46. The molecule has 1 heterocycles. The number of hydrogen-bond acceptors (Lipinski definition) is 8. The average molecular weight is 382 g/mol. The van der Waals surface area contributed by atoms with Crippen molar-refractivity contribution < 1.29 is 38.5 Å². The third kappa shape index (κ3) is 2.57. The van der Waals surface area contributed by atoms with E-state index in [9.17, 15) is 24.3 Å². The molecule has 142 valence electrons. The molecule has 1 N–H and O–H groups in total. The van der Waals surface area contributed by atoms with Crippen LogP contribution in [0, 0.1) is 0 Å². The fourth-order valence-corrected chi connectivity index (χ4v) is 3.57. The molecule has 8 nitrogen and oxygen atoms in total. The largest absolute Gasteiger partial charge is 0.506 e. The van der Waals surface area contributed by atoms with Crippen LogP contribution in [0.25, 0.3) is 10.8 Å². The number of benzene rings is 2. The Morgan fingerprint density at radius 1 is 1.14 bits per heavy atom. The monoisotopic (exact) mass is 382 g/mol. The van der Waals surface area contributed by atoms with Gasteiger partial charge in [-0.25, -0.2) is 0 Å². The van der Waals surface area contributed by atoms with Crippen molar-refractivity contribution in [3.63, 3.8) is 0 Å². The molecule has 1 unspecified atom stereocenters. The lowest BCUT2D eigenvalue weighted by molar-refractivity contribution is -0.163. The van der Waals surface area contributed by atoms with Crippen molar-refractivity contribution >= 4 is 34.8 Å².